The largest absolute Gasteiger partial charge is 0.508 e. The summed E-state index contributed by atoms with van der Waals surface area (Å²) in [7, 11) is 0. The molecule has 3 aromatic heterocycles. The predicted molar refractivity (Wildman–Crippen MR) is 97.7 cm³/mol. The van der Waals surface area contributed by atoms with E-state index in [0.717, 1.165) is 22.3 Å². The zero-order valence-electron chi connectivity index (χ0n) is 14.0. The summed E-state index contributed by atoms with van der Waals surface area (Å²) in [6, 6.07) is 13.4. The monoisotopic (exact) mass is 331 g/mol. The minimum absolute atomic E-state index is 0.0212. The normalized spacial score (nSPS) is 11.1. The number of nitrogens with zero attached hydrogens (tertiary/aromatic N) is 3. The standard InChI is InChI=1S/C20H17N3O2/c1-12-6-4-7-15(10-12)23-20-19(13(2)22-23)16(14(3)24)11-17(21-20)18-8-5-9-25-18/h4-11,24H,3H2,1-2H3. The molecule has 25 heavy (non-hydrogen) atoms. The zero-order chi connectivity index (χ0) is 17.6. The number of aliphatic hydroxyl groups excluding tert-OH is 1. The van der Waals surface area contributed by atoms with Crippen LogP contribution >= 0.6 is 0 Å². The van der Waals surface area contributed by atoms with Crippen molar-refractivity contribution >= 4 is 16.8 Å². The Balaban J connectivity index is 2.07. The minimum atomic E-state index is -0.0212. The summed E-state index contributed by atoms with van der Waals surface area (Å²) in [5.41, 5.74) is 4.70. The van der Waals surface area contributed by atoms with Crippen LogP contribution in [-0.2, 0) is 0 Å². The summed E-state index contributed by atoms with van der Waals surface area (Å²) in [5.74, 6) is 0.603. The van der Waals surface area contributed by atoms with Crippen molar-refractivity contribution in [3.05, 3.63) is 72.1 Å². The fraction of sp³-hybridized carbons (Fsp3) is 0.100. The van der Waals surface area contributed by atoms with Crippen LogP contribution in [0.25, 0.3) is 33.9 Å². The molecule has 1 N–H and O–H groups in total. The van der Waals surface area contributed by atoms with Gasteiger partial charge in [-0.05, 0) is 49.7 Å². The van der Waals surface area contributed by atoms with Gasteiger partial charge in [-0.15, -0.1) is 0 Å². The molecule has 0 aliphatic heterocycles. The Morgan fingerprint density at radius 1 is 1.16 bits per heavy atom. The maximum absolute atomic E-state index is 10.1. The fourth-order valence-electron chi connectivity index (χ4n) is 3.01. The molecule has 0 radical (unpaired) electrons. The molecule has 1 aromatic carbocycles. The summed E-state index contributed by atoms with van der Waals surface area (Å²) in [5, 5.41) is 15.5. The Morgan fingerprint density at radius 2 is 2.00 bits per heavy atom. The van der Waals surface area contributed by atoms with Crippen LogP contribution in [0.15, 0.2) is 59.7 Å². The van der Waals surface area contributed by atoms with E-state index in [4.69, 9.17) is 9.40 Å². The van der Waals surface area contributed by atoms with Gasteiger partial charge in [-0.2, -0.15) is 5.10 Å². The molecule has 0 unspecified atom stereocenters. The van der Waals surface area contributed by atoms with Gasteiger partial charge in [-0.1, -0.05) is 18.7 Å². The second-order valence-electron chi connectivity index (χ2n) is 6.01. The van der Waals surface area contributed by atoms with Crippen LogP contribution in [0, 0.1) is 13.8 Å². The Bertz CT molecular complexity index is 1090. The van der Waals surface area contributed by atoms with Gasteiger partial charge in [0.2, 0.25) is 0 Å². The first-order chi connectivity index (χ1) is 12.0. The Kier molecular flexibility index (Phi) is 3.42. The van der Waals surface area contributed by atoms with Crippen molar-refractivity contribution in [3.63, 3.8) is 0 Å². The lowest BCUT2D eigenvalue weighted by Gasteiger charge is -2.07. The third-order valence-electron chi connectivity index (χ3n) is 4.14. The first-order valence-electron chi connectivity index (χ1n) is 7.94. The fourth-order valence-corrected chi connectivity index (χ4v) is 3.01. The van der Waals surface area contributed by atoms with Gasteiger partial charge in [0.15, 0.2) is 11.4 Å². The number of hydrogen-bond donors (Lipinski definition) is 1. The Labute approximate surface area is 144 Å². The van der Waals surface area contributed by atoms with Gasteiger partial charge < -0.3 is 9.52 Å². The van der Waals surface area contributed by atoms with Gasteiger partial charge in [0.05, 0.1) is 23.0 Å². The van der Waals surface area contributed by atoms with Gasteiger partial charge in [0, 0.05) is 5.56 Å². The molecule has 0 atom stereocenters. The van der Waals surface area contributed by atoms with E-state index in [0.29, 0.717) is 22.7 Å². The highest BCUT2D eigenvalue weighted by Crippen LogP contribution is 2.31. The van der Waals surface area contributed by atoms with Crippen molar-refractivity contribution in [3.8, 4) is 17.1 Å². The maximum Gasteiger partial charge on any atom is 0.164 e. The summed E-state index contributed by atoms with van der Waals surface area (Å²) in [4.78, 5) is 4.74. The number of furan rings is 1. The lowest BCUT2D eigenvalue weighted by molar-refractivity contribution is 0.514. The van der Waals surface area contributed by atoms with Gasteiger partial charge in [-0.3, -0.25) is 0 Å². The smallest absolute Gasteiger partial charge is 0.164 e. The average molecular weight is 331 g/mol. The minimum Gasteiger partial charge on any atom is -0.508 e. The highest BCUT2D eigenvalue weighted by Gasteiger charge is 2.19. The predicted octanol–water partition coefficient (Wildman–Crippen LogP) is 4.83. The Morgan fingerprint density at radius 3 is 2.68 bits per heavy atom. The SMILES string of the molecule is C=C(O)c1cc(-c2ccco2)nc2c1c(C)nn2-c1cccc(C)c1. The van der Waals surface area contributed by atoms with Crippen molar-refractivity contribution in [1.82, 2.24) is 14.8 Å². The van der Waals surface area contributed by atoms with E-state index >= 15 is 0 Å². The van der Waals surface area contributed by atoms with Crippen molar-refractivity contribution in [2.24, 2.45) is 0 Å². The number of aliphatic hydroxyl groups is 1. The first-order valence-corrected chi connectivity index (χ1v) is 7.94. The van der Waals surface area contributed by atoms with Gasteiger partial charge in [-0.25, -0.2) is 9.67 Å². The number of aryl methyl sites for hydroxylation is 2. The van der Waals surface area contributed by atoms with Crippen molar-refractivity contribution < 1.29 is 9.52 Å². The summed E-state index contributed by atoms with van der Waals surface area (Å²) < 4.78 is 7.26. The lowest BCUT2D eigenvalue weighted by atomic mass is 10.1. The highest BCUT2D eigenvalue weighted by molar-refractivity contribution is 5.92. The summed E-state index contributed by atoms with van der Waals surface area (Å²) >= 11 is 0. The van der Waals surface area contributed by atoms with E-state index in [1.54, 1.807) is 23.1 Å². The van der Waals surface area contributed by atoms with Crippen molar-refractivity contribution in [1.29, 1.82) is 0 Å². The highest BCUT2D eigenvalue weighted by atomic mass is 16.3. The molecule has 0 saturated carbocycles. The molecule has 5 heteroatoms. The summed E-state index contributed by atoms with van der Waals surface area (Å²) in [6.07, 6.45) is 1.59. The number of pyridine rings is 1. The Hall–Kier alpha value is -3.34. The van der Waals surface area contributed by atoms with E-state index in [1.807, 2.05) is 44.2 Å². The number of fused-ring (bicyclic) bond motifs is 1. The van der Waals surface area contributed by atoms with Crippen LogP contribution in [0.4, 0.5) is 0 Å². The molecule has 4 rings (SSSR count). The molecule has 4 aromatic rings. The molecular weight excluding hydrogens is 314 g/mol. The van der Waals surface area contributed by atoms with E-state index in [1.165, 1.54) is 0 Å². The zero-order valence-corrected chi connectivity index (χ0v) is 14.0. The van der Waals surface area contributed by atoms with Crippen LogP contribution in [0.5, 0.6) is 0 Å². The second kappa shape index (κ2) is 5.63. The first kappa shape index (κ1) is 15.2. The van der Waals surface area contributed by atoms with E-state index in [9.17, 15) is 5.11 Å². The van der Waals surface area contributed by atoms with Crippen LogP contribution < -0.4 is 0 Å². The van der Waals surface area contributed by atoms with E-state index in [2.05, 4.69) is 11.7 Å². The van der Waals surface area contributed by atoms with Crippen LogP contribution in [0.2, 0.25) is 0 Å². The summed E-state index contributed by atoms with van der Waals surface area (Å²) in [6.45, 7) is 7.63. The quantitative estimate of drug-likeness (QED) is 0.546. The lowest BCUT2D eigenvalue weighted by Crippen LogP contribution is -1.99. The van der Waals surface area contributed by atoms with E-state index < -0.39 is 0 Å². The number of aromatic nitrogens is 3. The topological polar surface area (TPSA) is 64.1 Å². The number of rotatable bonds is 3. The van der Waals surface area contributed by atoms with Crippen LogP contribution in [0.3, 0.4) is 0 Å². The van der Waals surface area contributed by atoms with Crippen LogP contribution in [0.1, 0.15) is 16.8 Å². The molecule has 5 nitrogen and oxygen atoms in total. The number of hydrogen-bond acceptors (Lipinski definition) is 4. The molecule has 0 spiro atoms. The second-order valence-corrected chi connectivity index (χ2v) is 6.01. The van der Waals surface area contributed by atoms with Gasteiger partial charge in [0.1, 0.15) is 11.5 Å². The van der Waals surface area contributed by atoms with Gasteiger partial charge in [0.25, 0.3) is 0 Å². The molecular formula is C20H17N3O2. The maximum atomic E-state index is 10.1. The van der Waals surface area contributed by atoms with E-state index in [-0.39, 0.29) is 5.76 Å². The average Bonchev–Trinajstić information content (AvgIpc) is 3.22. The van der Waals surface area contributed by atoms with Crippen molar-refractivity contribution in [2.45, 2.75) is 13.8 Å². The molecule has 3 heterocycles. The van der Waals surface area contributed by atoms with Crippen LogP contribution in [-0.4, -0.2) is 19.9 Å². The third-order valence-corrected chi connectivity index (χ3v) is 4.14. The molecule has 0 aliphatic carbocycles. The molecule has 124 valence electrons. The molecule has 0 aliphatic rings. The number of benzene rings is 1. The molecule has 0 fully saturated rings. The molecule has 0 saturated heterocycles. The van der Waals surface area contributed by atoms with Crippen molar-refractivity contribution in [2.75, 3.05) is 0 Å². The molecule has 0 amide bonds. The van der Waals surface area contributed by atoms with Gasteiger partial charge >= 0.3 is 0 Å². The third kappa shape index (κ3) is 2.50. The molecule has 0 bridgehead atoms.